The molecule has 0 saturated carbocycles. The highest BCUT2D eigenvalue weighted by atomic mass is 79.9. The van der Waals surface area contributed by atoms with Crippen molar-refractivity contribution in [3.05, 3.63) is 58.3 Å². The summed E-state index contributed by atoms with van der Waals surface area (Å²) in [5.41, 5.74) is 9.73. The summed E-state index contributed by atoms with van der Waals surface area (Å²) in [7, 11) is 2.07. The molecule has 0 fully saturated rings. The van der Waals surface area contributed by atoms with Gasteiger partial charge in [0.25, 0.3) is 0 Å². The lowest BCUT2D eigenvalue weighted by Gasteiger charge is -2.25. The molecule has 1 heterocycles. The molecule has 0 unspecified atom stereocenters. The summed E-state index contributed by atoms with van der Waals surface area (Å²) in [6.45, 7) is 4.38. The Bertz CT molecular complexity index is 801. The summed E-state index contributed by atoms with van der Waals surface area (Å²) in [6.07, 6.45) is 0. The van der Waals surface area contributed by atoms with Crippen LogP contribution in [0.1, 0.15) is 25.2 Å². The fourth-order valence-electron chi connectivity index (χ4n) is 2.76. The molecule has 4 heteroatoms. The van der Waals surface area contributed by atoms with Crippen molar-refractivity contribution in [2.75, 3.05) is 5.73 Å². The van der Waals surface area contributed by atoms with Gasteiger partial charge in [-0.25, -0.2) is 4.98 Å². The lowest BCUT2D eigenvalue weighted by molar-refractivity contribution is 0.568. The summed E-state index contributed by atoms with van der Waals surface area (Å²) < 4.78 is 3.21. The van der Waals surface area contributed by atoms with E-state index < -0.39 is 0 Å². The zero-order valence-electron chi connectivity index (χ0n) is 12.4. The van der Waals surface area contributed by atoms with Crippen molar-refractivity contribution in [2.45, 2.75) is 19.3 Å². The van der Waals surface area contributed by atoms with Gasteiger partial charge in [-0.05, 0) is 49.7 Å². The first-order valence-electron chi connectivity index (χ1n) is 6.88. The highest BCUT2D eigenvalue weighted by Crippen LogP contribution is 2.33. The fraction of sp³-hybridized carbons (Fsp3) is 0.235. The van der Waals surface area contributed by atoms with E-state index in [1.54, 1.807) is 0 Å². The number of anilines is 1. The standard InChI is InChI=1S/C17H18BrN3/c1-17(2,11-4-7-13(19)8-5-11)16-20-14-10-12(18)6-9-15(14)21(16)3/h4-10H,19H2,1-3H3. The second kappa shape index (κ2) is 4.88. The first-order chi connectivity index (χ1) is 9.89. The number of hydrogen-bond donors (Lipinski definition) is 1. The average Bonchev–Trinajstić information content (AvgIpc) is 2.76. The highest BCUT2D eigenvalue weighted by Gasteiger charge is 2.28. The SMILES string of the molecule is Cn1c(C(C)(C)c2ccc(N)cc2)nc2cc(Br)ccc21. The monoisotopic (exact) mass is 343 g/mol. The van der Waals surface area contributed by atoms with E-state index in [2.05, 4.69) is 65.7 Å². The molecule has 108 valence electrons. The fourth-order valence-corrected chi connectivity index (χ4v) is 3.11. The minimum Gasteiger partial charge on any atom is -0.399 e. The molecule has 0 radical (unpaired) electrons. The van der Waals surface area contributed by atoms with Gasteiger partial charge >= 0.3 is 0 Å². The molecule has 0 amide bonds. The van der Waals surface area contributed by atoms with E-state index in [9.17, 15) is 0 Å². The number of benzene rings is 2. The third kappa shape index (κ3) is 2.33. The molecule has 3 nitrogen and oxygen atoms in total. The Hall–Kier alpha value is -1.81. The van der Waals surface area contributed by atoms with Crippen LogP contribution in [0.3, 0.4) is 0 Å². The highest BCUT2D eigenvalue weighted by molar-refractivity contribution is 9.10. The van der Waals surface area contributed by atoms with Crippen molar-refractivity contribution in [3.63, 3.8) is 0 Å². The second-order valence-corrected chi connectivity index (χ2v) is 6.79. The Kier molecular flexibility index (Phi) is 3.29. The van der Waals surface area contributed by atoms with Crippen molar-refractivity contribution in [2.24, 2.45) is 7.05 Å². The Morgan fingerprint density at radius 2 is 1.76 bits per heavy atom. The Balaban J connectivity index is 2.18. The maximum absolute atomic E-state index is 5.79. The van der Waals surface area contributed by atoms with Gasteiger partial charge in [0.15, 0.2) is 0 Å². The van der Waals surface area contributed by atoms with Gasteiger partial charge < -0.3 is 10.3 Å². The predicted octanol–water partition coefficient (Wildman–Crippen LogP) is 4.24. The van der Waals surface area contributed by atoms with Gasteiger partial charge in [0.05, 0.1) is 11.0 Å². The number of aromatic nitrogens is 2. The molecule has 0 aliphatic heterocycles. The van der Waals surface area contributed by atoms with Gasteiger partial charge in [-0.2, -0.15) is 0 Å². The van der Waals surface area contributed by atoms with Crippen molar-refractivity contribution in [3.8, 4) is 0 Å². The maximum Gasteiger partial charge on any atom is 0.119 e. The molecule has 0 spiro atoms. The van der Waals surface area contributed by atoms with Crippen LogP contribution >= 0.6 is 15.9 Å². The Morgan fingerprint density at radius 1 is 1.10 bits per heavy atom. The molecule has 1 aromatic heterocycles. The van der Waals surface area contributed by atoms with E-state index in [4.69, 9.17) is 10.7 Å². The topological polar surface area (TPSA) is 43.8 Å². The van der Waals surface area contributed by atoms with Crippen LogP contribution in [-0.2, 0) is 12.5 Å². The van der Waals surface area contributed by atoms with Gasteiger partial charge in [0, 0.05) is 22.6 Å². The van der Waals surface area contributed by atoms with Crippen LogP contribution in [0.15, 0.2) is 46.9 Å². The van der Waals surface area contributed by atoms with Crippen molar-refractivity contribution < 1.29 is 0 Å². The first kappa shape index (κ1) is 14.1. The Morgan fingerprint density at radius 3 is 2.43 bits per heavy atom. The predicted molar refractivity (Wildman–Crippen MR) is 91.4 cm³/mol. The zero-order valence-corrected chi connectivity index (χ0v) is 14.0. The number of nitrogen functional groups attached to an aromatic ring is 1. The van der Waals surface area contributed by atoms with Gasteiger partial charge in [-0.1, -0.05) is 28.1 Å². The summed E-state index contributed by atoms with van der Waals surface area (Å²) in [6, 6.07) is 14.2. The number of nitrogens with two attached hydrogens (primary N) is 1. The van der Waals surface area contributed by atoms with Crippen LogP contribution in [0.4, 0.5) is 5.69 Å². The molecular weight excluding hydrogens is 326 g/mol. The van der Waals surface area contributed by atoms with Crippen LogP contribution in [0, 0.1) is 0 Å². The van der Waals surface area contributed by atoms with E-state index in [0.717, 1.165) is 27.0 Å². The lowest BCUT2D eigenvalue weighted by Crippen LogP contribution is -2.23. The second-order valence-electron chi connectivity index (χ2n) is 5.87. The minimum absolute atomic E-state index is 0.187. The molecule has 0 aliphatic carbocycles. The molecule has 3 rings (SSSR count). The van der Waals surface area contributed by atoms with E-state index in [-0.39, 0.29) is 5.41 Å². The van der Waals surface area contributed by atoms with Crippen LogP contribution < -0.4 is 5.73 Å². The van der Waals surface area contributed by atoms with Crippen molar-refractivity contribution in [1.82, 2.24) is 9.55 Å². The summed E-state index contributed by atoms with van der Waals surface area (Å²) in [5, 5.41) is 0. The number of aryl methyl sites for hydroxylation is 1. The largest absolute Gasteiger partial charge is 0.399 e. The summed E-state index contributed by atoms with van der Waals surface area (Å²) >= 11 is 3.51. The number of rotatable bonds is 2. The molecular formula is C17H18BrN3. The zero-order chi connectivity index (χ0) is 15.2. The number of halogens is 1. The minimum atomic E-state index is -0.187. The Labute approximate surface area is 132 Å². The van der Waals surface area contributed by atoms with E-state index in [0.29, 0.717) is 0 Å². The first-order valence-corrected chi connectivity index (χ1v) is 7.67. The van der Waals surface area contributed by atoms with Crippen LogP contribution in [0.25, 0.3) is 11.0 Å². The van der Waals surface area contributed by atoms with Gasteiger partial charge in [-0.3, -0.25) is 0 Å². The maximum atomic E-state index is 5.79. The number of imidazole rings is 1. The van der Waals surface area contributed by atoms with Gasteiger partial charge in [-0.15, -0.1) is 0 Å². The molecule has 2 N–H and O–H groups in total. The van der Waals surface area contributed by atoms with Gasteiger partial charge in [0.1, 0.15) is 5.82 Å². The van der Waals surface area contributed by atoms with Crippen LogP contribution in [-0.4, -0.2) is 9.55 Å². The molecule has 2 aromatic carbocycles. The normalized spacial score (nSPS) is 12.0. The number of nitrogens with zero attached hydrogens (tertiary/aromatic N) is 2. The van der Waals surface area contributed by atoms with E-state index in [1.165, 1.54) is 5.56 Å². The molecule has 0 aliphatic rings. The number of fused-ring (bicyclic) bond motifs is 1. The van der Waals surface area contributed by atoms with Crippen molar-refractivity contribution in [1.29, 1.82) is 0 Å². The molecule has 21 heavy (non-hydrogen) atoms. The number of hydrogen-bond acceptors (Lipinski definition) is 2. The molecule has 0 atom stereocenters. The summed E-state index contributed by atoms with van der Waals surface area (Å²) in [5.74, 6) is 1.04. The molecule has 0 saturated heterocycles. The van der Waals surface area contributed by atoms with Crippen LogP contribution in [0.5, 0.6) is 0 Å². The third-order valence-corrected chi connectivity index (χ3v) is 4.53. The average molecular weight is 344 g/mol. The molecule has 3 aromatic rings. The van der Waals surface area contributed by atoms with Crippen molar-refractivity contribution >= 4 is 32.7 Å². The third-order valence-electron chi connectivity index (χ3n) is 4.03. The quantitative estimate of drug-likeness (QED) is 0.707. The smallest absolute Gasteiger partial charge is 0.119 e. The van der Waals surface area contributed by atoms with Crippen LogP contribution in [0.2, 0.25) is 0 Å². The van der Waals surface area contributed by atoms with E-state index in [1.807, 2.05) is 18.2 Å². The van der Waals surface area contributed by atoms with E-state index >= 15 is 0 Å². The molecule has 0 bridgehead atoms. The lowest BCUT2D eigenvalue weighted by atomic mass is 9.83. The summed E-state index contributed by atoms with van der Waals surface area (Å²) in [4.78, 5) is 4.85. The van der Waals surface area contributed by atoms with Gasteiger partial charge in [0.2, 0.25) is 0 Å².